The van der Waals surface area contributed by atoms with Gasteiger partial charge in [0.2, 0.25) is 5.95 Å². The van der Waals surface area contributed by atoms with Gasteiger partial charge < -0.3 is 27.4 Å². The van der Waals surface area contributed by atoms with Gasteiger partial charge in [-0.15, -0.1) is 0 Å². The molecular weight excluding hydrogens is 486 g/mol. The van der Waals surface area contributed by atoms with E-state index in [9.17, 15) is 14.9 Å². The number of para-hydroxylation sites is 1. The van der Waals surface area contributed by atoms with Crippen LogP contribution in [-0.2, 0) is 0 Å². The third kappa shape index (κ3) is 5.23. The lowest BCUT2D eigenvalue weighted by Gasteiger charge is -2.13. The van der Waals surface area contributed by atoms with Gasteiger partial charge in [0.25, 0.3) is 11.6 Å². The molecule has 5 rings (SSSR count). The molecule has 3 aromatic carbocycles. The third-order valence-electron chi connectivity index (χ3n) is 5.56. The van der Waals surface area contributed by atoms with Crippen molar-refractivity contribution >= 4 is 62.8 Å². The maximum absolute atomic E-state index is 13.1. The normalized spacial score (nSPS) is 10.6. The summed E-state index contributed by atoms with van der Waals surface area (Å²) in [6.07, 6.45) is 1.63. The molecule has 0 bridgehead atoms. The predicted molar refractivity (Wildman–Crippen MR) is 147 cm³/mol. The van der Waals surface area contributed by atoms with E-state index in [0.29, 0.717) is 39.3 Å². The summed E-state index contributed by atoms with van der Waals surface area (Å²) in [4.78, 5) is 36.0. The second-order valence-corrected chi connectivity index (χ2v) is 8.18. The van der Waals surface area contributed by atoms with Gasteiger partial charge in [-0.2, -0.15) is 9.97 Å². The fourth-order valence-electron chi connectivity index (χ4n) is 3.83. The molecule has 188 valence electrons. The Kier molecular flexibility index (Phi) is 6.34. The molecule has 12 nitrogen and oxygen atoms in total. The minimum atomic E-state index is -0.445. The predicted octanol–water partition coefficient (Wildman–Crippen LogP) is 4.84. The van der Waals surface area contributed by atoms with Crippen LogP contribution in [0.3, 0.4) is 0 Å². The van der Waals surface area contributed by atoms with Crippen LogP contribution in [-0.4, -0.2) is 25.8 Å². The van der Waals surface area contributed by atoms with E-state index < -0.39 is 4.92 Å². The van der Waals surface area contributed by atoms with Crippen molar-refractivity contribution in [2.24, 2.45) is 0 Å². The number of fused-ring (bicyclic) bond motifs is 1. The summed E-state index contributed by atoms with van der Waals surface area (Å²) >= 11 is 0. The van der Waals surface area contributed by atoms with Gasteiger partial charge in [0.1, 0.15) is 11.6 Å². The second kappa shape index (κ2) is 10.1. The lowest BCUT2D eigenvalue weighted by molar-refractivity contribution is -0.384. The SMILES string of the molecule is Nc1cc(Nc2ccccc2C(=O)Nc2ccc(Nc3ccnc4ccc([N+](=O)[O-])cc34)cc2)nc(N)n1. The van der Waals surface area contributed by atoms with Crippen LogP contribution < -0.4 is 27.4 Å². The number of non-ortho nitro benzene ring substituents is 1. The molecule has 0 aliphatic carbocycles. The first-order chi connectivity index (χ1) is 18.4. The van der Waals surface area contributed by atoms with Crippen molar-refractivity contribution in [3.8, 4) is 0 Å². The number of anilines is 7. The number of amides is 1. The van der Waals surface area contributed by atoms with Gasteiger partial charge in [-0.3, -0.25) is 19.9 Å². The molecule has 0 aliphatic rings. The number of benzene rings is 3. The topological polar surface area (TPSA) is 187 Å². The van der Waals surface area contributed by atoms with E-state index in [4.69, 9.17) is 11.5 Å². The van der Waals surface area contributed by atoms with Gasteiger partial charge in [-0.1, -0.05) is 12.1 Å². The Morgan fingerprint density at radius 2 is 1.61 bits per heavy atom. The molecular formula is C26H21N9O3. The number of nitrogens with zero attached hydrogens (tertiary/aromatic N) is 4. The van der Waals surface area contributed by atoms with Crippen LogP contribution in [0.2, 0.25) is 0 Å². The molecule has 38 heavy (non-hydrogen) atoms. The molecule has 5 aromatic rings. The molecule has 1 amide bonds. The van der Waals surface area contributed by atoms with E-state index in [1.807, 2.05) is 0 Å². The van der Waals surface area contributed by atoms with Crippen LogP contribution in [0.1, 0.15) is 10.4 Å². The molecule has 0 radical (unpaired) electrons. The Morgan fingerprint density at radius 3 is 2.37 bits per heavy atom. The Morgan fingerprint density at radius 1 is 0.842 bits per heavy atom. The number of nitro benzene ring substituents is 1. The van der Waals surface area contributed by atoms with Gasteiger partial charge >= 0.3 is 0 Å². The molecule has 0 unspecified atom stereocenters. The molecule has 0 fully saturated rings. The average Bonchev–Trinajstić information content (AvgIpc) is 2.89. The number of pyridine rings is 1. The number of aromatic nitrogens is 3. The monoisotopic (exact) mass is 507 g/mol. The third-order valence-corrected chi connectivity index (χ3v) is 5.56. The number of carbonyl (C=O) groups is 1. The molecule has 0 aliphatic heterocycles. The zero-order chi connectivity index (χ0) is 26.6. The number of hydrogen-bond donors (Lipinski definition) is 5. The van der Waals surface area contributed by atoms with Crippen LogP contribution in [0.5, 0.6) is 0 Å². The Bertz CT molecular complexity index is 1650. The van der Waals surface area contributed by atoms with Gasteiger partial charge in [0.05, 0.1) is 21.7 Å². The van der Waals surface area contributed by atoms with Gasteiger partial charge in [0.15, 0.2) is 0 Å². The first-order valence-electron chi connectivity index (χ1n) is 11.3. The highest BCUT2D eigenvalue weighted by Crippen LogP contribution is 2.29. The van der Waals surface area contributed by atoms with Crippen LogP contribution in [0, 0.1) is 10.1 Å². The first-order valence-corrected chi connectivity index (χ1v) is 11.3. The van der Waals surface area contributed by atoms with Crippen molar-refractivity contribution < 1.29 is 9.72 Å². The lowest BCUT2D eigenvalue weighted by Crippen LogP contribution is -2.14. The molecule has 0 spiro atoms. The summed E-state index contributed by atoms with van der Waals surface area (Å²) in [5, 5.41) is 21.0. The van der Waals surface area contributed by atoms with Crippen molar-refractivity contribution in [2.75, 3.05) is 27.4 Å². The summed E-state index contributed by atoms with van der Waals surface area (Å²) in [5.41, 5.74) is 14.9. The van der Waals surface area contributed by atoms with E-state index in [1.54, 1.807) is 66.9 Å². The fourth-order valence-corrected chi connectivity index (χ4v) is 3.83. The zero-order valence-electron chi connectivity index (χ0n) is 19.8. The van der Waals surface area contributed by atoms with Crippen molar-refractivity contribution in [1.29, 1.82) is 0 Å². The number of nitro groups is 1. The fraction of sp³-hybridized carbons (Fsp3) is 0. The summed E-state index contributed by atoms with van der Waals surface area (Å²) in [7, 11) is 0. The quantitative estimate of drug-likeness (QED) is 0.151. The zero-order valence-corrected chi connectivity index (χ0v) is 19.8. The number of nitrogen functional groups attached to an aromatic ring is 2. The summed E-state index contributed by atoms with van der Waals surface area (Å²) in [6.45, 7) is 0. The average molecular weight is 508 g/mol. The number of carbonyl (C=O) groups excluding carboxylic acids is 1. The highest BCUT2D eigenvalue weighted by molar-refractivity contribution is 6.08. The molecule has 0 atom stereocenters. The van der Waals surface area contributed by atoms with E-state index in [1.165, 1.54) is 18.2 Å². The Labute approximate surface area is 215 Å². The maximum Gasteiger partial charge on any atom is 0.270 e. The van der Waals surface area contributed by atoms with E-state index in [0.717, 1.165) is 5.69 Å². The second-order valence-electron chi connectivity index (χ2n) is 8.18. The minimum Gasteiger partial charge on any atom is -0.383 e. The van der Waals surface area contributed by atoms with Crippen LogP contribution >= 0.6 is 0 Å². The highest BCUT2D eigenvalue weighted by atomic mass is 16.6. The largest absolute Gasteiger partial charge is 0.383 e. The van der Waals surface area contributed by atoms with Crippen molar-refractivity contribution in [2.45, 2.75) is 0 Å². The summed E-state index contributed by atoms with van der Waals surface area (Å²) in [6, 6.07) is 21.8. The summed E-state index contributed by atoms with van der Waals surface area (Å²) in [5.74, 6) is 0.241. The molecule has 2 aromatic heterocycles. The Hall–Kier alpha value is -5.78. The van der Waals surface area contributed by atoms with Gasteiger partial charge in [0, 0.05) is 46.8 Å². The van der Waals surface area contributed by atoms with Gasteiger partial charge in [-0.05, 0) is 48.5 Å². The number of hydrogen-bond acceptors (Lipinski definition) is 10. The number of nitrogens with two attached hydrogens (primary N) is 2. The number of nitrogens with one attached hydrogen (secondary N) is 3. The van der Waals surface area contributed by atoms with E-state index in [-0.39, 0.29) is 23.4 Å². The minimum absolute atomic E-state index is 0.0149. The van der Waals surface area contributed by atoms with Crippen molar-refractivity contribution in [3.05, 3.63) is 101 Å². The van der Waals surface area contributed by atoms with Gasteiger partial charge in [-0.25, -0.2) is 0 Å². The van der Waals surface area contributed by atoms with Crippen molar-refractivity contribution in [3.63, 3.8) is 0 Å². The highest BCUT2D eigenvalue weighted by Gasteiger charge is 2.13. The summed E-state index contributed by atoms with van der Waals surface area (Å²) < 4.78 is 0. The molecule has 2 heterocycles. The van der Waals surface area contributed by atoms with E-state index in [2.05, 4.69) is 30.9 Å². The maximum atomic E-state index is 13.1. The van der Waals surface area contributed by atoms with Crippen molar-refractivity contribution in [1.82, 2.24) is 15.0 Å². The van der Waals surface area contributed by atoms with Crippen LogP contribution in [0.4, 0.5) is 46.0 Å². The van der Waals surface area contributed by atoms with Crippen LogP contribution in [0.15, 0.2) is 85.1 Å². The lowest BCUT2D eigenvalue weighted by atomic mass is 10.1. The Balaban J connectivity index is 1.32. The smallest absolute Gasteiger partial charge is 0.270 e. The van der Waals surface area contributed by atoms with E-state index >= 15 is 0 Å². The number of rotatable bonds is 7. The molecule has 7 N–H and O–H groups in total. The standard InChI is InChI=1S/C26H21N9O3/c27-23-14-24(34-26(28)33-23)32-21-4-2-1-3-18(21)25(36)31-16-7-5-15(6-8-16)30-22-11-12-29-20-10-9-17(35(37)38)13-19(20)22/h1-14H,(H,29,30)(H,31,36)(H5,27,28,32,33,34). The molecule has 0 saturated carbocycles. The first kappa shape index (κ1) is 23.9. The van der Waals surface area contributed by atoms with Crippen LogP contribution in [0.25, 0.3) is 10.9 Å². The molecule has 12 heteroatoms. The molecule has 0 saturated heterocycles.